The van der Waals surface area contributed by atoms with E-state index in [1.807, 2.05) is 0 Å². The largest absolute Gasteiger partial charge is 0.357 e. The van der Waals surface area contributed by atoms with Crippen LogP contribution in [0.25, 0.3) is 0 Å². The first-order chi connectivity index (χ1) is 14.1. The van der Waals surface area contributed by atoms with E-state index in [0.29, 0.717) is 5.92 Å². The van der Waals surface area contributed by atoms with E-state index in [-0.39, 0.29) is 24.0 Å². The smallest absolute Gasteiger partial charge is 0.194 e. The number of hydrogen-bond donors (Lipinski definition) is 1. The molecule has 2 aromatic rings. The van der Waals surface area contributed by atoms with Crippen molar-refractivity contribution >= 4 is 52.6 Å². The maximum atomic E-state index is 4.94. The molecule has 3 rings (SSSR count). The minimum absolute atomic E-state index is 0. The summed E-state index contributed by atoms with van der Waals surface area (Å²) < 4.78 is 0. The highest BCUT2D eigenvalue weighted by atomic mass is 127. The van der Waals surface area contributed by atoms with Gasteiger partial charge >= 0.3 is 0 Å². The topological polar surface area (TPSA) is 56.7 Å². The van der Waals surface area contributed by atoms with E-state index in [4.69, 9.17) is 9.98 Å². The number of likely N-dealkylation sites (tertiary alicyclic amines) is 1. The molecule has 168 valence electrons. The van der Waals surface area contributed by atoms with Gasteiger partial charge in [-0.15, -0.1) is 46.7 Å². The number of halogens is 1. The van der Waals surface area contributed by atoms with Crippen LogP contribution in [0.3, 0.4) is 0 Å². The van der Waals surface area contributed by atoms with Crippen LogP contribution in [0.15, 0.2) is 15.8 Å². The summed E-state index contributed by atoms with van der Waals surface area (Å²) in [4.78, 5) is 19.0. The Hall–Kier alpha value is -0.780. The molecule has 0 unspecified atom stereocenters. The van der Waals surface area contributed by atoms with Gasteiger partial charge in [0.15, 0.2) is 5.96 Å². The number of rotatable bonds is 8. The molecule has 9 heteroatoms. The van der Waals surface area contributed by atoms with Gasteiger partial charge in [0.1, 0.15) is 0 Å². The highest BCUT2D eigenvalue weighted by Gasteiger charge is 2.20. The first-order valence-electron chi connectivity index (χ1n) is 10.6. The Morgan fingerprint density at radius 2 is 1.93 bits per heavy atom. The normalized spacial score (nSPS) is 15.8. The van der Waals surface area contributed by atoms with Crippen LogP contribution >= 0.6 is 46.7 Å². The van der Waals surface area contributed by atoms with Crippen LogP contribution in [-0.4, -0.2) is 59.0 Å². The van der Waals surface area contributed by atoms with Gasteiger partial charge in [0.05, 0.1) is 27.9 Å². The molecule has 1 aliphatic heterocycles. The molecule has 3 heterocycles. The fourth-order valence-corrected chi connectivity index (χ4v) is 4.96. The molecule has 0 atom stereocenters. The van der Waals surface area contributed by atoms with Gasteiger partial charge < -0.3 is 10.2 Å². The van der Waals surface area contributed by atoms with E-state index in [1.165, 1.54) is 23.5 Å². The fraction of sp³-hybridized carbons (Fsp3) is 0.667. The van der Waals surface area contributed by atoms with Crippen LogP contribution in [0, 0.1) is 12.8 Å². The van der Waals surface area contributed by atoms with Crippen LogP contribution in [0.1, 0.15) is 48.1 Å². The van der Waals surface area contributed by atoms with Crippen LogP contribution in [0.5, 0.6) is 0 Å². The lowest BCUT2D eigenvalue weighted by Crippen LogP contribution is -2.39. The number of thiazole rings is 2. The van der Waals surface area contributed by atoms with Gasteiger partial charge in [-0.3, -0.25) is 9.89 Å². The lowest BCUT2D eigenvalue weighted by atomic mass is 9.97. The number of aryl methyl sites for hydroxylation is 2. The van der Waals surface area contributed by atoms with Crippen molar-refractivity contribution in [3.63, 3.8) is 0 Å². The van der Waals surface area contributed by atoms with Crippen molar-refractivity contribution in [3.05, 3.63) is 32.2 Å². The highest BCUT2D eigenvalue weighted by Crippen LogP contribution is 2.20. The summed E-state index contributed by atoms with van der Waals surface area (Å²) in [5, 5.41) is 10.2. The third-order valence-electron chi connectivity index (χ3n) is 5.26. The Morgan fingerprint density at radius 3 is 2.53 bits per heavy atom. The van der Waals surface area contributed by atoms with E-state index >= 15 is 0 Å². The summed E-state index contributed by atoms with van der Waals surface area (Å²) >= 11 is 3.49. The van der Waals surface area contributed by atoms with Gasteiger partial charge in [-0.25, -0.2) is 9.97 Å². The second-order valence-electron chi connectivity index (χ2n) is 7.71. The SMILES string of the molecule is CCNC(=NCC1CCN(Cc2csc(CC)n2)CC1)N(C)Cc1csc(C)n1.I. The zero-order valence-electron chi connectivity index (χ0n) is 18.6. The molecule has 1 saturated heterocycles. The van der Waals surface area contributed by atoms with Crippen LogP contribution in [-0.2, 0) is 19.5 Å². The maximum absolute atomic E-state index is 4.94. The molecule has 30 heavy (non-hydrogen) atoms. The van der Waals surface area contributed by atoms with Gasteiger partial charge in [-0.1, -0.05) is 6.92 Å². The molecule has 6 nitrogen and oxygen atoms in total. The molecule has 2 aromatic heterocycles. The Balaban J connectivity index is 0.00000320. The summed E-state index contributed by atoms with van der Waals surface area (Å²) in [7, 11) is 2.09. The van der Waals surface area contributed by atoms with Crippen LogP contribution in [0.2, 0.25) is 0 Å². The summed E-state index contributed by atoms with van der Waals surface area (Å²) in [6.45, 7) is 12.2. The summed E-state index contributed by atoms with van der Waals surface area (Å²) in [5.74, 6) is 1.65. The first kappa shape index (κ1) is 25.5. The van der Waals surface area contributed by atoms with Crippen molar-refractivity contribution in [2.24, 2.45) is 10.9 Å². The second-order valence-corrected chi connectivity index (χ2v) is 9.72. The third kappa shape index (κ3) is 7.72. The number of nitrogens with zero attached hydrogens (tertiary/aromatic N) is 5. The Morgan fingerprint density at radius 1 is 1.20 bits per heavy atom. The van der Waals surface area contributed by atoms with E-state index in [0.717, 1.165) is 62.4 Å². The van der Waals surface area contributed by atoms with Gasteiger partial charge in [-0.05, 0) is 52.1 Å². The predicted molar refractivity (Wildman–Crippen MR) is 139 cm³/mol. The maximum Gasteiger partial charge on any atom is 0.194 e. The van der Waals surface area contributed by atoms with E-state index in [2.05, 4.69) is 58.7 Å². The fourth-order valence-electron chi connectivity index (χ4n) is 3.62. The molecular formula is C21H35IN6S2. The first-order valence-corrected chi connectivity index (χ1v) is 12.4. The summed E-state index contributed by atoms with van der Waals surface area (Å²) in [6.07, 6.45) is 3.46. The Labute approximate surface area is 206 Å². The van der Waals surface area contributed by atoms with Crippen molar-refractivity contribution in [2.45, 2.75) is 53.1 Å². The molecule has 1 fully saturated rings. The van der Waals surface area contributed by atoms with Crippen molar-refractivity contribution in [1.82, 2.24) is 25.1 Å². The minimum atomic E-state index is 0. The zero-order valence-corrected chi connectivity index (χ0v) is 22.5. The van der Waals surface area contributed by atoms with E-state index < -0.39 is 0 Å². The van der Waals surface area contributed by atoms with Gasteiger partial charge in [0.25, 0.3) is 0 Å². The molecule has 0 bridgehead atoms. The van der Waals surface area contributed by atoms with Crippen molar-refractivity contribution in [1.29, 1.82) is 0 Å². The molecule has 1 N–H and O–H groups in total. The van der Waals surface area contributed by atoms with Crippen molar-refractivity contribution < 1.29 is 0 Å². The summed E-state index contributed by atoms with van der Waals surface area (Å²) in [6, 6.07) is 0. The average Bonchev–Trinajstić information content (AvgIpc) is 3.34. The van der Waals surface area contributed by atoms with E-state index in [9.17, 15) is 0 Å². The number of aliphatic imine (C=N–C) groups is 1. The lowest BCUT2D eigenvalue weighted by Gasteiger charge is -2.31. The molecule has 0 saturated carbocycles. The van der Waals surface area contributed by atoms with Crippen molar-refractivity contribution in [3.8, 4) is 0 Å². The number of aromatic nitrogens is 2. The van der Waals surface area contributed by atoms with Gasteiger partial charge in [0.2, 0.25) is 0 Å². The van der Waals surface area contributed by atoms with Gasteiger partial charge in [-0.2, -0.15) is 0 Å². The zero-order chi connectivity index (χ0) is 20.6. The monoisotopic (exact) mass is 562 g/mol. The number of nitrogens with one attached hydrogen (secondary N) is 1. The molecule has 0 amide bonds. The number of guanidine groups is 1. The number of hydrogen-bond acceptors (Lipinski definition) is 6. The standard InChI is InChI=1S/C21H34N6S2.HI/c1-5-20-25-19(15-29-20)13-27-9-7-17(8-10-27)11-23-21(22-6-2)26(4)12-18-14-28-16(3)24-18;/h14-15,17H,5-13H2,1-4H3,(H,22,23);1H. The molecule has 0 aromatic carbocycles. The highest BCUT2D eigenvalue weighted by molar-refractivity contribution is 14.0. The van der Waals surface area contributed by atoms with Gasteiger partial charge in [0, 0.05) is 37.4 Å². The van der Waals surface area contributed by atoms with Crippen molar-refractivity contribution in [2.75, 3.05) is 33.2 Å². The predicted octanol–water partition coefficient (Wildman–Crippen LogP) is 4.40. The third-order valence-corrected chi connectivity index (χ3v) is 7.12. The molecule has 0 aliphatic carbocycles. The second kappa shape index (κ2) is 12.9. The molecule has 0 radical (unpaired) electrons. The Bertz CT molecular complexity index is 782. The molecule has 0 spiro atoms. The summed E-state index contributed by atoms with van der Waals surface area (Å²) in [5.41, 5.74) is 2.35. The Kier molecular flexibility index (Phi) is 11.0. The molecular weight excluding hydrogens is 527 g/mol. The minimum Gasteiger partial charge on any atom is -0.357 e. The number of piperidine rings is 1. The van der Waals surface area contributed by atoms with Crippen LogP contribution < -0.4 is 5.32 Å². The van der Waals surface area contributed by atoms with Crippen LogP contribution in [0.4, 0.5) is 0 Å². The quantitative estimate of drug-likeness (QED) is 0.294. The van der Waals surface area contributed by atoms with E-state index in [1.54, 1.807) is 22.7 Å². The molecule has 1 aliphatic rings. The lowest BCUT2D eigenvalue weighted by molar-refractivity contribution is 0.179. The average molecular weight is 563 g/mol.